The highest BCUT2D eigenvalue weighted by Crippen LogP contribution is 2.06. The van der Waals surface area contributed by atoms with Gasteiger partial charge in [0.2, 0.25) is 5.91 Å². The summed E-state index contributed by atoms with van der Waals surface area (Å²) >= 11 is 0. The number of azide groups is 1. The van der Waals surface area contributed by atoms with Crippen LogP contribution in [-0.4, -0.2) is 29.9 Å². The molecule has 0 aromatic carbocycles. The first-order valence-electron chi connectivity index (χ1n) is 5.54. The molecule has 0 aromatic heterocycles. The lowest BCUT2D eigenvalue weighted by Gasteiger charge is -2.24. The first kappa shape index (κ1) is 13.8. The summed E-state index contributed by atoms with van der Waals surface area (Å²) in [4.78, 5) is 16.4. The van der Waals surface area contributed by atoms with Crippen LogP contribution in [0.15, 0.2) is 5.11 Å². The summed E-state index contributed by atoms with van der Waals surface area (Å²) in [7, 11) is 0. The van der Waals surface area contributed by atoms with Crippen molar-refractivity contribution in [1.29, 1.82) is 0 Å². The van der Waals surface area contributed by atoms with Crippen LogP contribution in [0.5, 0.6) is 0 Å². The van der Waals surface area contributed by atoms with Gasteiger partial charge in [0, 0.05) is 18.0 Å². The van der Waals surface area contributed by atoms with Crippen molar-refractivity contribution < 1.29 is 4.79 Å². The number of hydrogen-bond acceptors (Lipinski definition) is 2. The van der Waals surface area contributed by atoms with Crippen LogP contribution in [0, 0.1) is 0 Å². The molecule has 0 heterocycles. The molecule has 1 amide bonds. The van der Waals surface area contributed by atoms with Crippen molar-refractivity contribution in [2.45, 2.75) is 46.1 Å². The third-order valence-electron chi connectivity index (χ3n) is 2.16. The van der Waals surface area contributed by atoms with Crippen molar-refractivity contribution in [3.8, 4) is 0 Å². The molecule has 0 radical (unpaired) electrons. The summed E-state index contributed by atoms with van der Waals surface area (Å²) < 4.78 is 0. The largest absolute Gasteiger partial charge is 0.342 e. The van der Waals surface area contributed by atoms with Crippen molar-refractivity contribution >= 4 is 5.91 Å². The number of carbonyl (C=O) groups is 1. The van der Waals surface area contributed by atoms with E-state index in [1.54, 1.807) is 4.90 Å². The molecule has 0 aliphatic carbocycles. The summed E-state index contributed by atoms with van der Waals surface area (Å²) in [5, 5.41) is 3.52. The zero-order valence-corrected chi connectivity index (χ0v) is 9.81. The van der Waals surface area contributed by atoms with Gasteiger partial charge in [0.15, 0.2) is 0 Å². The summed E-state index contributed by atoms with van der Waals surface area (Å²) in [6.45, 7) is 7.40. The summed E-state index contributed by atoms with van der Waals surface area (Å²) in [5.41, 5.74) is 8.35. The molecule has 5 nitrogen and oxygen atoms in total. The van der Waals surface area contributed by atoms with Gasteiger partial charge in [-0.2, -0.15) is 0 Å². The fourth-order valence-corrected chi connectivity index (χ4v) is 1.45. The first-order valence-corrected chi connectivity index (χ1v) is 5.54. The van der Waals surface area contributed by atoms with Gasteiger partial charge in [-0.05, 0) is 24.8 Å². The number of hydrogen-bond donors (Lipinski definition) is 0. The Labute approximate surface area is 91.1 Å². The maximum absolute atomic E-state index is 11.9. The van der Waals surface area contributed by atoms with E-state index in [9.17, 15) is 4.79 Å². The summed E-state index contributed by atoms with van der Waals surface area (Å²) in [6.07, 6.45) is 2.42. The lowest BCUT2D eigenvalue weighted by atomic mass is 10.2. The van der Waals surface area contributed by atoms with Crippen molar-refractivity contribution in [1.82, 2.24) is 4.90 Å². The molecule has 0 fully saturated rings. The van der Waals surface area contributed by atoms with E-state index in [-0.39, 0.29) is 5.91 Å². The van der Waals surface area contributed by atoms with Gasteiger partial charge in [0.05, 0.1) is 0 Å². The van der Waals surface area contributed by atoms with Crippen LogP contribution in [0.1, 0.15) is 40.0 Å². The Hall–Kier alpha value is -1.22. The van der Waals surface area contributed by atoms with E-state index in [1.807, 2.05) is 20.8 Å². The zero-order valence-electron chi connectivity index (χ0n) is 9.81. The molecule has 0 N–H and O–H groups in total. The molecule has 0 aliphatic heterocycles. The predicted molar refractivity (Wildman–Crippen MR) is 60.4 cm³/mol. The number of rotatable bonds is 7. The van der Waals surface area contributed by atoms with Crippen LogP contribution < -0.4 is 0 Å². The molecular weight excluding hydrogens is 192 g/mol. The molecule has 0 aliphatic rings. The number of amides is 1. The second-order valence-corrected chi connectivity index (χ2v) is 3.45. The van der Waals surface area contributed by atoms with Gasteiger partial charge in [0.1, 0.15) is 6.04 Å². The Balaban J connectivity index is 4.50. The molecule has 0 spiro atoms. The first-order chi connectivity index (χ1) is 7.21. The monoisotopic (exact) mass is 212 g/mol. The molecule has 0 saturated heterocycles. The average Bonchev–Trinajstić information content (AvgIpc) is 2.24. The van der Waals surface area contributed by atoms with Gasteiger partial charge in [-0.3, -0.25) is 4.79 Å². The Morgan fingerprint density at radius 3 is 2.20 bits per heavy atom. The van der Waals surface area contributed by atoms with E-state index >= 15 is 0 Å². The molecule has 1 unspecified atom stereocenters. The molecule has 0 aromatic rings. The van der Waals surface area contributed by atoms with Crippen molar-refractivity contribution in [3.05, 3.63) is 10.4 Å². The van der Waals surface area contributed by atoms with E-state index < -0.39 is 6.04 Å². The van der Waals surface area contributed by atoms with Gasteiger partial charge in [-0.25, -0.2) is 0 Å². The molecule has 15 heavy (non-hydrogen) atoms. The third-order valence-corrected chi connectivity index (χ3v) is 2.16. The van der Waals surface area contributed by atoms with E-state index in [1.165, 1.54) is 0 Å². The van der Waals surface area contributed by atoms with Gasteiger partial charge < -0.3 is 4.90 Å². The highest BCUT2D eigenvalue weighted by atomic mass is 16.2. The number of nitrogens with zero attached hydrogens (tertiary/aromatic N) is 4. The Kier molecular flexibility index (Phi) is 7.46. The minimum atomic E-state index is -0.534. The fourth-order valence-electron chi connectivity index (χ4n) is 1.45. The lowest BCUT2D eigenvalue weighted by Crippen LogP contribution is -2.39. The van der Waals surface area contributed by atoms with Crippen LogP contribution in [-0.2, 0) is 4.79 Å². The molecule has 5 heteroatoms. The standard InChI is InChI=1S/C10H20N4O/c1-4-7-14(8-5-2)10(15)9(6-3)12-13-11/h9H,4-8H2,1-3H3. The molecule has 0 bridgehead atoms. The minimum absolute atomic E-state index is 0.0426. The molecule has 0 rings (SSSR count). The molecule has 0 saturated carbocycles. The van der Waals surface area contributed by atoms with Crippen molar-refractivity contribution in [3.63, 3.8) is 0 Å². The smallest absolute Gasteiger partial charge is 0.231 e. The Morgan fingerprint density at radius 2 is 1.87 bits per heavy atom. The van der Waals surface area contributed by atoms with E-state index in [0.29, 0.717) is 6.42 Å². The second kappa shape index (κ2) is 8.12. The Morgan fingerprint density at radius 1 is 1.33 bits per heavy atom. The van der Waals surface area contributed by atoms with Gasteiger partial charge in [-0.15, -0.1) is 0 Å². The SMILES string of the molecule is CCCN(CCC)C(=O)C(CC)N=[N+]=[N-]. The highest BCUT2D eigenvalue weighted by Gasteiger charge is 2.20. The van der Waals surface area contributed by atoms with E-state index in [2.05, 4.69) is 10.0 Å². The van der Waals surface area contributed by atoms with Gasteiger partial charge >= 0.3 is 0 Å². The van der Waals surface area contributed by atoms with Crippen LogP contribution in [0.3, 0.4) is 0 Å². The minimum Gasteiger partial charge on any atom is -0.342 e. The average molecular weight is 212 g/mol. The van der Waals surface area contributed by atoms with Crippen LogP contribution in [0.4, 0.5) is 0 Å². The van der Waals surface area contributed by atoms with Gasteiger partial charge in [-0.1, -0.05) is 25.9 Å². The van der Waals surface area contributed by atoms with E-state index in [4.69, 9.17) is 5.53 Å². The number of carbonyl (C=O) groups excluding carboxylic acids is 1. The molecule has 86 valence electrons. The van der Waals surface area contributed by atoms with Gasteiger partial charge in [0.25, 0.3) is 0 Å². The van der Waals surface area contributed by atoms with Crippen LogP contribution in [0.2, 0.25) is 0 Å². The normalized spacial score (nSPS) is 11.7. The Bertz CT molecular complexity index is 230. The molecular formula is C10H20N4O. The lowest BCUT2D eigenvalue weighted by molar-refractivity contribution is -0.132. The fraction of sp³-hybridized carbons (Fsp3) is 0.900. The predicted octanol–water partition coefficient (Wildman–Crippen LogP) is 2.72. The highest BCUT2D eigenvalue weighted by molar-refractivity contribution is 5.81. The van der Waals surface area contributed by atoms with Crippen molar-refractivity contribution in [2.75, 3.05) is 13.1 Å². The van der Waals surface area contributed by atoms with Crippen LogP contribution >= 0.6 is 0 Å². The molecule has 1 atom stereocenters. The maximum atomic E-state index is 11.9. The summed E-state index contributed by atoms with van der Waals surface area (Å²) in [5.74, 6) is -0.0426. The zero-order chi connectivity index (χ0) is 11.7. The summed E-state index contributed by atoms with van der Waals surface area (Å²) in [6, 6.07) is -0.534. The second-order valence-electron chi connectivity index (χ2n) is 3.45. The van der Waals surface area contributed by atoms with E-state index in [0.717, 1.165) is 25.9 Å². The van der Waals surface area contributed by atoms with Crippen LogP contribution in [0.25, 0.3) is 10.4 Å². The quantitative estimate of drug-likeness (QED) is 0.363. The topological polar surface area (TPSA) is 69.1 Å². The van der Waals surface area contributed by atoms with Crippen molar-refractivity contribution in [2.24, 2.45) is 5.11 Å². The maximum Gasteiger partial charge on any atom is 0.231 e. The third kappa shape index (κ3) is 4.70.